The standard InChI is InChI=1S/4C27H26N2O2S2/c4*1-30-25-16-10-21(11-17-25)8-14-24(15-9-22-12-18-26(31-2)19-13-22)28-29-27(32)33-20-23-6-4-3-5-7-23/h4*3-19H,20H2,1-2H3,(H,29,32)/b4*14-8+,15-9+. The largest absolute Gasteiger partial charge is 0.497 e. The van der Waals surface area contributed by atoms with Crippen LogP contribution in [-0.2, 0) is 23.0 Å². The Labute approximate surface area is 814 Å². The van der Waals surface area contributed by atoms with Crippen molar-refractivity contribution >= 4 is 185 Å². The molecule has 0 unspecified atom stereocenters. The van der Waals surface area contributed by atoms with Crippen LogP contribution in [0, 0.1) is 0 Å². The molecule has 0 aliphatic rings. The average molecular weight is 1900 g/mol. The number of hydrazone groups is 4. The Kier molecular flexibility index (Phi) is 46.9. The third-order valence-corrected chi connectivity index (χ3v) is 23.6. The highest BCUT2D eigenvalue weighted by molar-refractivity contribution is 8.23. The van der Waals surface area contributed by atoms with Crippen LogP contribution in [0.5, 0.6) is 46.0 Å². The van der Waals surface area contributed by atoms with Gasteiger partial charge < -0.3 is 37.9 Å². The van der Waals surface area contributed by atoms with Crippen molar-refractivity contribution in [2.75, 3.05) is 56.9 Å². The lowest BCUT2D eigenvalue weighted by Gasteiger charge is -2.04. The van der Waals surface area contributed by atoms with Crippen LogP contribution in [0.2, 0.25) is 0 Å². The van der Waals surface area contributed by atoms with E-state index >= 15 is 0 Å². The third kappa shape index (κ3) is 41.1. The molecule has 0 aliphatic heterocycles. The molecule has 24 heteroatoms. The van der Waals surface area contributed by atoms with Gasteiger partial charge in [0.25, 0.3) is 0 Å². The van der Waals surface area contributed by atoms with Gasteiger partial charge in [0.2, 0.25) is 0 Å². The number of nitrogens with zero attached hydrogens (tertiary/aromatic N) is 4. The van der Waals surface area contributed by atoms with Gasteiger partial charge in [-0.15, -0.1) is 0 Å². The van der Waals surface area contributed by atoms with Crippen molar-refractivity contribution in [1.29, 1.82) is 0 Å². The molecule has 0 heterocycles. The second kappa shape index (κ2) is 60.5. The maximum absolute atomic E-state index is 5.45. The zero-order chi connectivity index (χ0) is 93.2. The molecule has 0 atom stereocenters. The van der Waals surface area contributed by atoms with E-state index in [2.05, 4.69) is 90.6 Å². The lowest BCUT2D eigenvalue weighted by Crippen LogP contribution is -2.13. The van der Waals surface area contributed by atoms with Crippen LogP contribution in [-0.4, -0.2) is 97.0 Å². The highest BCUT2D eigenvalue weighted by Crippen LogP contribution is 2.24. The van der Waals surface area contributed by atoms with Crippen molar-refractivity contribution in [1.82, 2.24) is 21.7 Å². The highest BCUT2D eigenvalue weighted by atomic mass is 32.2. The van der Waals surface area contributed by atoms with Gasteiger partial charge in [0.1, 0.15) is 46.0 Å². The number of thiocarbonyl (C=S) groups is 4. The molecule has 0 aliphatic carbocycles. The Balaban J connectivity index is 0.000000198. The van der Waals surface area contributed by atoms with Crippen LogP contribution in [0.1, 0.15) is 66.8 Å². The van der Waals surface area contributed by atoms with E-state index in [1.165, 1.54) is 22.3 Å². The number of thioether (sulfide) groups is 4. The summed E-state index contributed by atoms with van der Waals surface area (Å²) < 4.78 is 44.3. The Hall–Kier alpha value is -13.4. The van der Waals surface area contributed by atoms with E-state index in [-0.39, 0.29) is 0 Å². The topological polar surface area (TPSA) is 171 Å². The minimum atomic E-state index is 0.618. The summed E-state index contributed by atoms with van der Waals surface area (Å²) in [6, 6.07) is 104. The number of benzene rings is 12. The molecule has 16 nitrogen and oxygen atoms in total. The summed E-state index contributed by atoms with van der Waals surface area (Å²) in [6.45, 7) is 0. The van der Waals surface area contributed by atoms with Crippen molar-refractivity contribution < 1.29 is 37.9 Å². The lowest BCUT2D eigenvalue weighted by molar-refractivity contribution is 0.414. The van der Waals surface area contributed by atoms with Crippen LogP contribution in [0.3, 0.4) is 0 Å². The van der Waals surface area contributed by atoms with Gasteiger partial charge >= 0.3 is 0 Å². The summed E-state index contributed by atoms with van der Waals surface area (Å²) in [7, 11) is 13.3. The van der Waals surface area contributed by atoms with E-state index in [1.54, 1.807) is 104 Å². The van der Waals surface area contributed by atoms with Crippen molar-refractivity contribution in [3.8, 4) is 46.0 Å². The zero-order valence-corrected chi connectivity index (χ0v) is 80.9. The molecule has 0 saturated carbocycles. The summed E-state index contributed by atoms with van der Waals surface area (Å²) in [6.07, 6.45) is 31.5. The molecule has 132 heavy (non-hydrogen) atoms. The second-order valence-corrected chi connectivity index (χ2v) is 34.3. The maximum Gasteiger partial charge on any atom is 0.154 e. The first-order valence-corrected chi connectivity index (χ1v) is 47.0. The van der Waals surface area contributed by atoms with Gasteiger partial charge in [-0.1, -0.05) is 363 Å². The van der Waals surface area contributed by atoms with E-state index in [4.69, 9.17) is 86.8 Å². The molecule has 0 aromatic heterocycles. The van der Waals surface area contributed by atoms with Gasteiger partial charge in [-0.25, -0.2) is 0 Å². The normalized spacial score (nSPS) is 10.8. The molecule has 672 valence electrons. The number of allylic oxidation sites excluding steroid dienone is 8. The van der Waals surface area contributed by atoms with E-state index < -0.39 is 0 Å². The third-order valence-electron chi connectivity index (χ3n) is 18.5. The van der Waals surface area contributed by atoms with E-state index in [0.29, 0.717) is 17.3 Å². The van der Waals surface area contributed by atoms with Gasteiger partial charge in [-0.2, -0.15) is 20.4 Å². The minimum Gasteiger partial charge on any atom is -0.497 e. The summed E-state index contributed by atoms with van der Waals surface area (Å²) in [5.41, 5.74) is 28.2. The van der Waals surface area contributed by atoms with Gasteiger partial charge in [0.15, 0.2) is 17.3 Å². The van der Waals surface area contributed by atoms with Crippen molar-refractivity contribution in [3.05, 3.63) is 431 Å². The number of methoxy groups -OCH3 is 8. The monoisotopic (exact) mass is 1900 g/mol. The molecule has 0 amide bonds. The van der Waals surface area contributed by atoms with Crippen LogP contribution < -0.4 is 59.6 Å². The molecular weight excluding hydrogens is 1790 g/mol. The molecular formula is C108H104N8O8S8. The van der Waals surface area contributed by atoms with Crippen molar-refractivity contribution in [3.63, 3.8) is 0 Å². The Morgan fingerprint density at radius 1 is 0.205 bits per heavy atom. The number of ether oxygens (including phenoxy) is 8. The quantitative estimate of drug-likeness (QED) is 0.0166. The summed E-state index contributed by atoms with van der Waals surface area (Å²) >= 11 is 28.0. The predicted molar refractivity (Wildman–Crippen MR) is 580 cm³/mol. The fraction of sp³-hybridized carbons (Fsp3) is 0.111. The average Bonchev–Trinajstić information content (AvgIpc) is 0.910. The molecule has 12 aromatic carbocycles. The zero-order valence-electron chi connectivity index (χ0n) is 74.4. The number of hydrogen-bond acceptors (Lipinski definition) is 20. The van der Waals surface area contributed by atoms with Gasteiger partial charge in [-0.3, -0.25) is 21.7 Å². The SMILES string of the molecule is COc1ccc(/C=C/C(/C=C/c2ccc(OC)cc2)=NNC(=S)SCc2ccccc2)cc1.COc1ccc(/C=C/C(/C=C/c2ccc(OC)cc2)=NNC(=S)SCc2ccccc2)cc1.COc1ccc(/C=C/C(/C=C/c2ccc(OC)cc2)=NNC(=S)SCc2ccccc2)cc1.COc1ccc(/C=C/C(/C=C/c2ccc(OC)cc2)=NNC(=S)SCc2ccccc2)cc1. The smallest absolute Gasteiger partial charge is 0.154 e. The summed E-state index contributed by atoms with van der Waals surface area (Å²) in [5, 5.41) is 18.1. The number of nitrogens with one attached hydrogen (secondary N) is 4. The number of rotatable bonds is 36. The Morgan fingerprint density at radius 2 is 0.333 bits per heavy atom. The second-order valence-electron chi connectivity index (χ2n) is 27.7. The highest BCUT2D eigenvalue weighted by Gasteiger charge is 2.07. The molecule has 0 bridgehead atoms. The number of hydrogen-bond donors (Lipinski definition) is 4. The first-order chi connectivity index (χ1) is 64.6. The van der Waals surface area contributed by atoms with Crippen LogP contribution in [0.25, 0.3) is 48.6 Å². The van der Waals surface area contributed by atoms with E-state index in [9.17, 15) is 0 Å². The molecule has 0 saturated heterocycles. The predicted octanol–water partition coefficient (Wildman–Crippen LogP) is 26.4. The molecule has 0 spiro atoms. The van der Waals surface area contributed by atoms with Gasteiger partial charge in [0.05, 0.1) is 79.7 Å². The lowest BCUT2D eigenvalue weighted by atomic mass is 10.1. The Morgan fingerprint density at radius 3 is 0.455 bits per heavy atom. The molecule has 0 radical (unpaired) electrons. The van der Waals surface area contributed by atoms with Gasteiger partial charge in [-0.05, 0) is 212 Å². The van der Waals surface area contributed by atoms with Crippen LogP contribution >= 0.6 is 95.9 Å². The maximum atomic E-state index is 5.45. The Bertz CT molecular complexity index is 4920. The summed E-state index contributed by atoms with van der Waals surface area (Å²) in [4.78, 5) is 0. The molecule has 12 aromatic rings. The van der Waals surface area contributed by atoms with E-state index in [0.717, 1.165) is 136 Å². The summed E-state index contributed by atoms with van der Waals surface area (Å²) in [5.74, 6) is 9.75. The van der Waals surface area contributed by atoms with Crippen LogP contribution in [0.15, 0.2) is 384 Å². The van der Waals surface area contributed by atoms with Crippen LogP contribution in [0.4, 0.5) is 0 Å². The van der Waals surface area contributed by atoms with Crippen molar-refractivity contribution in [2.24, 2.45) is 20.4 Å². The fourth-order valence-corrected chi connectivity index (χ4v) is 14.4. The molecule has 0 fully saturated rings. The molecule has 4 N–H and O–H groups in total. The van der Waals surface area contributed by atoms with Crippen molar-refractivity contribution in [2.45, 2.75) is 23.0 Å². The first-order valence-electron chi connectivity index (χ1n) is 41.4. The first kappa shape index (κ1) is 102. The minimum absolute atomic E-state index is 0.618. The van der Waals surface area contributed by atoms with E-state index in [1.807, 2.05) is 364 Å². The fourth-order valence-electron chi connectivity index (χ4n) is 11.2. The molecule has 12 rings (SSSR count). The van der Waals surface area contributed by atoms with Gasteiger partial charge in [0, 0.05) is 23.0 Å².